The molecule has 1 amide bonds. The lowest BCUT2D eigenvalue weighted by Crippen LogP contribution is -2.57. The minimum Gasteiger partial charge on any atom is -0.414 e. The zero-order valence-corrected chi connectivity index (χ0v) is 16.5. The fraction of sp³-hybridized carbons (Fsp3) is 0.944. The maximum atomic E-state index is 12.7. The van der Waals surface area contributed by atoms with Crippen molar-refractivity contribution in [2.24, 2.45) is 0 Å². The number of amides is 1. The lowest BCUT2D eigenvalue weighted by Gasteiger charge is -2.44. The van der Waals surface area contributed by atoms with Gasteiger partial charge in [0.1, 0.15) is 5.72 Å². The maximum absolute atomic E-state index is 12.7. The van der Waals surface area contributed by atoms with Crippen LogP contribution in [0.5, 0.6) is 0 Å². The van der Waals surface area contributed by atoms with Crippen LogP contribution in [0, 0.1) is 0 Å². The monoisotopic (exact) mass is 339 g/mol. The van der Waals surface area contributed by atoms with Gasteiger partial charge in [-0.2, -0.15) is 0 Å². The zero-order chi connectivity index (χ0) is 16.9. The van der Waals surface area contributed by atoms with Gasteiger partial charge >= 0.3 is 0 Å². The number of nitrogens with zero attached hydrogens (tertiary/aromatic N) is 1. The Morgan fingerprint density at radius 3 is 2.43 bits per heavy atom. The first kappa shape index (κ1) is 17.4. The second-order valence-electron chi connectivity index (χ2n) is 9.30. The van der Waals surface area contributed by atoms with Crippen molar-refractivity contribution in [1.82, 2.24) is 4.90 Å². The van der Waals surface area contributed by atoms with E-state index in [1.54, 1.807) is 0 Å². The molecule has 1 aliphatic carbocycles. The maximum Gasteiger partial charge on any atom is 0.225 e. The Balaban J connectivity index is 1.79. The molecule has 1 saturated carbocycles. The Morgan fingerprint density at radius 2 is 1.83 bits per heavy atom. The van der Waals surface area contributed by atoms with Crippen LogP contribution in [0.4, 0.5) is 0 Å². The summed E-state index contributed by atoms with van der Waals surface area (Å²) < 4.78 is 12.8. The van der Waals surface area contributed by atoms with Crippen molar-refractivity contribution in [3.05, 3.63) is 0 Å². The Bertz CT molecular complexity index is 479. The fourth-order valence-electron chi connectivity index (χ4n) is 4.14. The summed E-state index contributed by atoms with van der Waals surface area (Å²) in [5, 5.41) is 0.194. The number of carbonyl (C=O) groups is 1. The van der Waals surface area contributed by atoms with E-state index >= 15 is 0 Å². The van der Waals surface area contributed by atoms with Crippen LogP contribution in [0.25, 0.3) is 0 Å². The van der Waals surface area contributed by atoms with Gasteiger partial charge in [0.2, 0.25) is 5.91 Å². The van der Waals surface area contributed by atoms with E-state index in [1.807, 2.05) is 0 Å². The number of hydrogen-bond donors (Lipinski definition) is 0. The van der Waals surface area contributed by atoms with E-state index in [2.05, 4.69) is 38.8 Å². The van der Waals surface area contributed by atoms with Crippen molar-refractivity contribution in [3.63, 3.8) is 0 Å². The van der Waals surface area contributed by atoms with E-state index in [0.29, 0.717) is 19.6 Å². The van der Waals surface area contributed by atoms with Crippen LogP contribution >= 0.6 is 0 Å². The van der Waals surface area contributed by atoms with Crippen molar-refractivity contribution >= 4 is 14.2 Å². The SMILES string of the molecule is CC(C)(C)[Si](C)(C)OCC12CCC(=O)N1C1(CCCCC1)OC2. The predicted molar refractivity (Wildman–Crippen MR) is 93.7 cm³/mol. The minimum atomic E-state index is -1.81. The van der Waals surface area contributed by atoms with Crippen molar-refractivity contribution in [1.29, 1.82) is 0 Å². The van der Waals surface area contributed by atoms with Crippen LogP contribution in [0.15, 0.2) is 0 Å². The highest BCUT2D eigenvalue weighted by Gasteiger charge is 2.61. The summed E-state index contributed by atoms with van der Waals surface area (Å²) in [5.41, 5.74) is -0.521. The first-order valence-corrected chi connectivity index (χ1v) is 12.1. The highest BCUT2D eigenvalue weighted by Crippen LogP contribution is 2.50. The molecule has 2 heterocycles. The molecule has 2 aliphatic heterocycles. The van der Waals surface area contributed by atoms with Gasteiger partial charge in [-0.25, -0.2) is 0 Å². The fourth-order valence-corrected chi connectivity index (χ4v) is 5.20. The van der Waals surface area contributed by atoms with Gasteiger partial charge in [-0.3, -0.25) is 4.79 Å². The quantitative estimate of drug-likeness (QED) is 0.728. The summed E-state index contributed by atoms with van der Waals surface area (Å²) in [6.45, 7) is 12.7. The second kappa shape index (κ2) is 5.56. The van der Waals surface area contributed by atoms with Crippen LogP contribution in [0.1, 0.15) is 65.7 Å². The predicted octanol–water partition coefficient (Wildman–Crippen LogP) is 4.06. The molecule has 0 aromatic rings. The van der Waals surface area contributed by atoms with E-state index < -0.39 is 8.32 Å². The van der Waals surface area contributed by atoms with Crippen LogP contribution in [-0.4, -0.2) is 43.6 Å². The minimum absolute atomic E-state index is 0.194. The second-order valence-corrected chi connectivity index (χ2v) is 14.1. The normalized spacial score (nSPS) is 31.0. The molecule has 5 heteroatoms. The number of rotatable bonds is 3. The molecule has 23 heavy (non-hydrogen) atoms. The molecular formula is C18H33NO3Si. The molecule has 0 radical (unpaired) electrons. The van der Waals surface area contributed by atoms with E-state index in [0.717, 1.165) is 19.3 Å². The third kappa shape index (κ3) is 2.79. The largest absolute Gasteiger partial charge is 0.414 e. The molecule has 3 aliphatic rings. The molecule has 1 unspecified atom stereocenters. The van der Waals surface area contributed by atoms with E-state index in [1.165, 1.54) is 19.3 Å². The summed E-state index contributed by atoms with van der Waals surface area (Å²) in [7, 11) is -1.81. The van der Waals surface area contributed by atoms with Crippen molar-refractivity contribution in [3.8, 4) is 0 Å². The Labute approximate surface area is 142 Å². The molecular weight excluding hydrogens is 306 g/mol. The smallest absolute Gasteiger partial charge is 0.225 e. The van der Waals surface area contributed by atoms with Gasteiger partial charge in [-0.15, -0.1) is 0 Å². The summed E-state index contributed by atoms with van der Waals surface area (Å²) in [6.07, 6.45) is 7.15. The summed E-state index contributed by atoms with van der Waals surface area (Å²) in [6, 6.07) is 0. The van der Waals surface area contributed by atoms with Crippen molar-refractivity contribution in [2.45, 2.75) is 95.1 Å². The average Bonchev–Trinajstić information content (AvgIpc) is 2.96. The molecule has 132 valence electrons. The van der Waals surface area contributed by atoms with Gasteiger partial charge in [0.15, 0.2) is 8.32 Å². The molecule has 0 aromatic carbocycles. The van der Waals surface area contributed by atoms with Gasteiger partial charge in [0.25, 0.3) is 0 Å². The van der Waals surface area contributed by atoms with Crippen molar-refractivity contribution in [2.75, 3.05) is 13.2 Å². The topological polar surface area (TPSA) is 38.8 Å². The zero-order valence-electron chi connectivity index (χ0n) is 15.5. The average molecular weight is 340 g/mol. The summed E-state index contributed by atoms with van der Waals surface area (Å²) in [5.74, 6) is 0.281. The Kier molecular flexibility index (Phi) is 4.22. The molecule has 3 fully saturated rings. The first-order chi connectivity index (χ1) is 10.6. The third-order valence-corrected chi connectivity index (χ3v) is 11.2. The Hall–Kier alpha value is -0.393. The Morgan fingerprint density at radius 1 is 1.17 bits per heavy atom. The molecule has 4 nitrogen and oxygen atoms in total. The summed E-state index contributed by atoms with van der Waals surface area (Å²) in [4.78, 5) is 14.8. The lowest BCUT2D eigenvalue weighted by atomic mass is 9.89. The van der Waals surface area contributed by atoms with Gasteiger partial charge in [-0.05, 0) is 50.2 Å². The van der Waals surface area contributed by atoms with Gasteiger partial charge in [0.05, 0.1) is 18.8 Å². The van der Waals surface area contributed by atoms with Crippen LogP contribution in [0.3, 0.4) is 0 Å². The van der Waals surface area contributed by atoms with E-state index in [4.69, 9.17) is 9.16 Å². The number of ether oxygens (including phenoxy) is 1. The molecule has 2 saturated heterocycles. The molecule has 1 atom stereocenters. The van der Waals surface area contributed by atoms with Crippen LogP contribution < -0.4 is 0 Å². The third-order valence-electron chi connectivity index (χ3n) is 6.69. The van der Waals surface area contributed by atoms with E-state index in [-0.39, 0.29) is 22.2 Å². The van der Waals surface area contributed by atoms with Crippen molar-refractivity contribution < 1.29 is 14.0 Å². The summed E-state index contributed by atoms with van der Waals surface area (Å²) >= 11 is 0. The number of carbonyl (C=O) groups excluding carboxylic acids is 1. The van der Waals surface area contributed by atoms with Crippen LogP contribution in [0.2, 0.25) is 18.1 Å². The highest BCUT2D eigenvalue weighted by atomic mass is 28.4. The number of hydrogen-bond acceptors (Lipinski definition) is 3. The lowest BCUT2D eigenvalue weighted by molar-refractivity contribution is -0.156. The molecule has 0 aromatic heterocycles. The highest BCUT2D eigenvalue weighted by molar-refractivity contribution is 6.74. The van der Waals surface area contributed by atoms with E-state index in [9.17, 15) is 4.79 Å². The van der Waals surface area contributed by atoms with Gasteiger partial charge < -0.3 is 14.1 Å². The molecule has 0 N–H and O–H groups in total. The van der Waals surface area contributed by atoms with Gasteiger partial charge in [-0.1, -0.05) is 27.2 Å². The standard InChI is InChI=1S/C18H33NO3Si/c1-16(2,3)23(4,5)22-14-17-12-9-15(20)19(17)18(21-13-17)10-7-6-8-11-18/h6-14H2,1-5H3. The first-order valence-electron chi connectivity index (χ1n) is 9.23. The number of fused-ring (bicyclic) bond motifs is 2. The van der Waals surface area contributed by atoms with Gasteiger partial charge in [0, 0.05) is 6.42 Å². The molecule has 1 spiro atoms. The molecule has 3 rings (SSSR count). The van der Waals surface area contributed by atoms with Crippen LogP contribution in [-0.2, 0) is 14.0 Å². The molecule has 0 bridgehead atoms.